The summed E-state index contributed by atoms with van der Waals surface area (Å²) in [4.78, 5) is 33.0. The van der Waals surface area contributed by atoms with Gasteiger partial charge in [-0.2, -0.15) is 5.48 Å². The molecule has 1 N–H and O–H groups in total. The van der Waals surface area contributed by atoms with Gasteiger partial charge in [0.2, 0.25) is 11.7 Å². The van der Waals surface area contributed by atoms with E-state index in [9.17, 15) is 9.59 Å². The highest BCUT2D eigenvalue weighted by Crippen LogP contribution is 2.18. The molecule has 0 amide bonds. The third-order valence-electron chi connectivity index (χ3n) is 3.46. The first-order valence-electron chi connectivity index (χ1n) is 8.27. The lowest BCUT2D eigenvalue weighted by Crippen LogP contribution is -2.32. The Morgan fingerprint density at radius 1 is 1.14 bits per heavy atom. The molecule has 0 aliphatic heterocycles. The SMILES string of the molecule is CCOC(=O)ONC(=Nc1ccc(Cl)cc1)c1noc(=O)n1-c1ccc(Cl)cc1. The fourth-order valence-electron chi connectivity index (χ4n) is 2.22. The van der Waals surface area contributed by atoms with Crippen molar-refractivity contribution in [2.24, 2.45) is 4.99 Å². The zero-order chi connectivity index (χ0) is 20.8. The third kappa shape index (κ3) is 5.15. The maximum atomic E-state index is 12.2. The first kappa shape index (κ1) is 20.4. The molecule has 3 rings (SSSR count). The van der Waals surface area contributed by atoms with E-state index in [1.807, 2.05) is 0 Å². The number of carbonyl (C=O) groups is 1. The second-order valence-corrected chi connectivity index (χ2v) is 6.28. The highest BCUT2D eigenvalue weighted by molar-refractivity contribution is 6.30. The van der Waals surface area contributed by atoms with Gasteiger partial charge in [-0.3, -0.25) is 4.52 Å². The van der Waals surface area contributed by atoms with Crippen molar-refractivity contribution in [3.05, 3.63) is 75.0 Å². The lowest BCUT2D eigenvalue weighted by atomic mass is 10.3. The van der Waals surface area contributed by atoms with Crippen LogP contribution in [0, 0.1) is 0 Å². The minimum atomic E-state index is -0.986. The number of rotatable bonds is 4. The number of amidine groups is 1. The van der Waals surface area contributed by atoms with Crippen molar-refractivity contribution in [3.8, 4) is 5.69 Å². The van der Waals surface area contributed by atoms with Crippen molar-refractivity contribution in [1.29, 1.82) is 0 Å². The first-order valence-corrected chi connectivity index (χ1v) is 9.02. The molecule has 29 heavy (non-hydrogen) atoms. The van der Waals surface area contributed by atoms with Gasteiger partial charge in [-0.05, 0) is 55.5 Å². The van der Waals surface area contributed by atoms with E-state index >= 15 is 0 Å². The molecule has 1 aromatic heterocycles. The van der Waals surface area contributed by atoms with Crippen molar-refractivity contribution in [1.82, 2.24) is 15.2 Å². The molecule has 11 heteroatoms. The summed E-state index contributed by atoms with van der Waals surface area (Å²) in [6, 6.07) is 12.9. The van der Waals surface area contributed by atoms with Crippen molar-refractivity contribution >= 4 is 40.9 Å². The van der Waals surface area contributed by atoms with E-state index in [2.05, 4.69) is 15.6 Å². The summed E-state index contributed by atoms with van der Waals surface area (Å²) in [5.74, 6) is -0.901. The minimum Gasteiger partial charge on any atom is -0.433 e. The van der Waals surface area contributed by atoms with Gasteiger partial charge in [0.1, 0.15) is 0 Å². The van der Waals surface area contributed by atoms with Gasteiger partial charge in [0, 0.05) is 10.0 Å². The zero-order valence-electron chi connectivity index (χ0n) is 15.0. The van der Waals surface area contributed by atoms with Gasteiger partial charge in [0.25, 0.3) is 0 Å². The molecule has 0 aliphatic carbocycles. The summed E-state index contributed by atoms with van der Waals surface area (Å²) in [7, 11) is 0. The summed E-state index contributed by atoms with van der Waals surface area (Å²) >= 11 is 11.8. The number of aromatic nitrogens is 2. The van der Waals surface area contributed by atoms with E-state index < -0.39 is 11.9 Å². The van der Waals surface area contributed by atoms with Crippen LogP contribution < -0.4 is 11.2 Å². The van der Waals surface area contributed by atoms with Gasteiger partial charge in [-0.25, -0.2) is 19.1 Å². The summed E-state index contributed by atoms with van der Waals surface area (Å²) < 4.78 is 10.6. The van der Waals surface area contributed by atoms with Crippen molar-refractivity contribution in [2.45, 2.75) is 6.92 Å². The highest BCUT2D eigenvalue weighted by Gasteiger charge is 2.20. The molecule has 0 radical (unpaired) electrons. The molecular weight excluding hydrogens is 423 g/mol. The van der Waals surface area contributed by atoms with Crippen LogP contribution in [-0.4, -0.2) is 28.3 Å². The van der Waals surface area contributed by atoms with Crippen LogP contribution in [0.15, 0.2) is 62.8 Å². The molecule has 0 unspecified atom stereocenters. The molecule has 0 atom stereocenters. The maximum Gasteiger partial charge on any atom is 0.533 e. The zero-order valence-corrected chi connectivity index (χ0v) is 16.5. The summed E-state index contributed by atoms with van der Waals surface area (Å²) in [6.07, 6.45) is -0.986. The van der Waals surface area contributed by atoms with Crippen molar-refractivity contribution < 1.29 is 18.9 Å². The molecule has 1 heterocycles. The number of benzene rings is 2. The fourth-order valence-corrected chi connectivity index (χ4v) is 2.47. The smallest absolute Gasteiger partial charge is 0.433 e. The molecule has 0 bridgehead atoms. The summed E-state index contributed by atoms with van der Waals surface area (Å²) in [5.41, 5.74) is 3.21. The van der Waals surface area contributed by atoms with E-state index in [1.54, 1.807) is 55.5 Å². The van der Waals surface area contributed by atoms with Crippen LogP contribution in [0.4, 0.5) is 10.5 Å². The number of halogens is 2. The number of hydroxylamine groups is 1. The lowest BCUT2D eigenvalue weighted by Gasteiger charge is -2.10. The van der Waals surface area contributed by atoms with Gasteiger partial charge < -0.3 is 9.57 Å². The Morgan fingerprint density at radius 2 is 1.76 bits per heavy atom. The van der Waals surface area contributed by atoms with E-state index in [0.717, 1.165) is 4.57 Å². The number of hydrogen-bond donors (Lipinski definition) is 1. The molecule has 0 fully saturated rings. The molecule has 0 aliphatic rings. The predicted molar refractivity (Wildman–Crippen MR) is 106 cm³/mol. The summed E-state index contributed by atoms with van der Waals surface area (Å²) in [6.45, 7) is 1.74. The molecule has 0 spiro atoms. The lowest BCUT2D eigenvalue weighted by molar-refractivity contribution is 0.0393. The van der Waals surface area contributed by atoms with E-state index in [-0.39, 0.29) is 18.3 Å². The average Bonchev–Trinajstić information content (AvgIpc) is 3.09. The van der Waals surface area contributed by atoms with Crippen LogP contribution in [0.25, 0.3) is 5.69 Å². The predicted octanol–water partition coefficient (Wildman–Crippen LogP) is 3.89. The third-order valence-corrected chi connectivity index (χ3v) is 3.97. The fraction of sp³-hybridized carbons (Fsp3) is 0.111. The average molecular weight is 437 g/mol. The van der Waals surface area contributed by atoms with Gasteiger partial charge >= 0.3 is 11.9 Å². The Hall–Kier alpha value is -3.30. The number of nitrogens with one attached hydrogen (secondary N) is 1. The quantitative estimate of drug-likeness (QED) is 0.286. The topological polar surface area (TPSA) is 108 Å². The van der Waals surface area contributed by atoms with E-state index in [4.69, 9.17) is 37.3 Å². The Balaban J connectivity index is 2.04. The molecular formula is C18H14Cl2N4O5. The number of aliphatic imine (C=N–C) groups is 1. The van der Waals surface area contributed by atoms with Crippen LogP contribution in [0.2, 0.25) is 10.0 Å². The molecule has 2 aromatic carbocycles. The van der Waals surface area contributed by atoms with Crippen LogP contribution in [0.1, 0.15) is 12.7 Å². The standard InChI is InChI=1S/C18H14Cl2N4O5/c1-2-27-18(26)29-22-15(21-13-7-3-11(19)4-8-13)16-23-28-17(25)24(16)14-9-5-12(20)6-10-14/h3-10H,2H2,1H3,(H,21,22). The largest absolute Gasteiger partial charge is 0.533 e. The Kier molecular flexibility index (Phi) is 6.53. The van der Waals surface area contributed by atoms with Gasteiger partial charge in [0.05, 0.1) is 18.0 Å². The molecule has 9 nitrogen and oxygen atoms in total. The maximum absolute atomic E-state index is 12.2. The number of ether oxygens (including phenoxy) is 1. The minimum absolute atomic E-state index is 0.0448. The van der Waals surface area contributed by atoms with E-state index in [0.29, 0.717) is 21.4 Å². The van der Waals surface area contributed by atoms with Gasteiger partial charge in [0.15, 0.2) is 0 Å². The highest BCUT2D eigenvalue weighted by atomic mass is 35.5. The monoisotopic (exact) mass is 436 g/mol. The Bertz CT molecular complexity index is 1070. The number of hydrogen-bond acceptors (Lipinski definition) is 7. The van der Waals surface area contributed by atoms with Crippen LogP contribution >= 0.6 is 23.2 Å². The Morgan fingerprint density at radius 3 is 2.38 bits per heavy atom. The molecule has 3 aromatic rings. The van der Waals surface area contributed by atoms with Crippen molar-refractivity contribution in [3.63, 3.8) is 0 Å². The van der Waals surface area contributed by atoms with Crippen LogP contribution in [0.5, 0.6) is 0 Å². The van der Waals surface area contributed by atoms with Crippen molar-refractivity contribution in [2.75, 3.05) is 6.61 Å². The van der Waals surface area contributed by atoms with Crippen LogP contribution in [0.3, 0.4) is 0 Å². The van der Waals surface area contributed by atoms with Gasteiger partial charge in [-0.1, -0.05) is 28.4 Å². The number of carbonyl (C=O) groups excluding carboxylic acids is 1. The van der Waals surface area contributed by atoms with E-state index in [1.165, 1.54) is 0 Å². The summed E-state index contributed by atoms with van der Waals surface area (Å²) in [5, 5.41) is 4.74. The second kappa shape index (κ2) is 9.26. The molecule has 0 saturated carbocycles. The first-order chi connectivity index (χ1) is 14.0. The van der Waals surface area contributed by atoms with Gasteiger partial charge in [-0.15, -0.1) is 0 Å². The Labute approximate surface area is 174 Å². The van der Waals surface area contributed by atoms with Crippen LogP contribution in [-0.2, 0) is 9.57 Å². The molecule has 0 saturated heterocycles. The number of nitrogens with zero attached hydrogens (tertiary/aromatic N) is 3. The molecule has 150 valence electrons. The second-order valence-electron chi connectivity index (χ2n) is 5.41. The normalized spacial score (nSPS) is 11.2.